The number of furan rings is 1. The summed E-state index contributed by atoms with van der Waals surface area (Å²) >= 11 is 2.70. The number of fused-ring (bicyclic) bond motifs is 1. The van der Waals surface area contributed by atoms with Crippen LogP contribution in [0.1, 0.15) is 35.4 Å². The van der Waals surface area contributed by atoms with E-state index in [-0.39, 0.29) is 33.8 Å². The summed E-state index contributed by atoms with van der Waals surface area (Å²) < 4.78 is 52.9. The SMILES string of the molecule is CCOC(=O)C1=C(c2ccccc2)N=c2s/c(=C/c3ccc(-c4cccc(C(F)(F)F)c4)o3)c(=O)n2[C@H]1c1ccc(SC)cc1. The van der Waals surface area contributed by atoms with Crippen molar-refractivity contribution in [2.75, 3.05) is 12.9 Å². The summed E-state index contributed by atoms with van der Waals surface area (Å²) in [6.45, 7) is 1.86. The van der Waals surface area contributed by atoms with E-state index in [4.69, 9.17) is 14.1 Å². The van der Waals surface area contributed by atoms with Crippen LogP contribution in [0.4, 0.5) is 13.2 Å². The minimum absolute atomic E-state index is 0.139. The highest BCUT2D eigenvalue weighted by atomic mass is 32.2. The Morgan fingerprint density at radius 3 is 2.44 bits per heavy atom. The van der Waals surface area contributed by atoms with Crippen molar-refractivity contribution in [3.8, 4) is 11.3 Å². The number of benzene rings is 3. The van der Waals surface area contributed by atoms with Gasteiger partial charge in [-0.05, 0) is 55.1 Å². The van der Waals surface area contributed by atoms with Gasteiger partial charge in [-0.2, -0.15) is 13.2 Å². The average molecular weight is 647 g/mol. The van der Waals surface area contributed by atoms with Crippen LogP contribution in [0.5, 0.6) is 0 Å². The van der Waals surface area contributed by atoms with Crippen molar-refractivity contribution < 1.29 is 27.1 Å². The molecule has 6 nitrogen and oxygen atoms in total. The second-order valence-corrected chi connectivity index (χ2v) is 11.9. The van der Waals surface area contributed by atoms with Crippen LogP contribution in [0.25, 0.3) is 23.1 Å². The lowest BCUT2D eigenvalue weighted by molar-refractivity contribution is -0.139. The standard InChI is InChI=1S/C34H25F3N2O4S2/c1-3-42-32(41)28-29(20-8-5-4-6-9-20)38-33-39(30(28)21-12-15-25(44-2)16-13-21)31(40)27(45-33)19-24-14-17-26(43-24)22-10-7-11-23(18-22)34(35,36)37/h4-19,30H,3H2,1-2H3/b27-19+/t30-/m0/s1. The molecule has 45 heavy (non-hydrogen) atoms. The summed E-state index contributed by atoms with van der Waals surface area (Å²) in [5.74, 6) is -0.0747. The maximum absolute atomic E-state index is 14.1. The van der Waals surface area contributed by atoms with Gasteiger partial charge in [0.15, 0.2) is 4.80 Å². The Bertz CT molecular complexity index is 2090. The van der Waals surface area contributed by atoms with Crippen molar-refractivity contribution in [2.45, 2.75) is 24.0 Å². The fraction of sp³-hybridized carbons (Fsp3) is 0.147. The van der Waals surface area contributed by atoms with Gasteiger partial charge in [-0.25, -0.2) is 9.79 Å². The van der Waals surface area contributed by atoms with E-state index in [1.165, 1.54) is 22.8 Å². The normalized spacial score (nSPS) is 15.1. The number of thioether (sulfide) groups is 1. The number of ether oxygens (including phenoxy) is 1. The second-order valence-electron chi connectivity index (χ2n) is 9.99. The molecule has 5 aromatic rings. The van der Waals surface area contributed by atoms with Crippen LogP contribution < -0.4 is 14.9 Å². The van der Waals surface area contributed by atoms with Gasteiger partial charge in [0, 0.05) is 22.1 Å². The van der Waals surface area contributed by atoms with Crippen LogP contribution in [0, 0.1) is 0 Å². The zero-order valence-electron chi connectivity index (χ0n) is 24.0. The summed E-state index contributed by atoms with van der Waals surface area (Å²) in [6, 6.07) is 24.0. The minimum atomic E-state index is -4.49. The van der Waals surface area contributed by atoms with Crippen molar-refractivity contribution in [3.63, 3.8) is 0 Å². The van der Waals surface area contributed by atoms with Crippen molar-refractivity contribution in [2.24, 2.45) is 4.99 Å². The molecule has 0 unspecified atom stereocenters. The number of carbonyl (C=O) groups is 1. The molecule has 1 aliphatic heterocycles. The summed E-state index contributed by atoms with van der Waals surface area (Å²) in [7, 11) is 0. The molecule has 0 radical (unpaired) electrons. The van der Waals surface area contributed by atoms with E-state index in [9.17, 15) is 22.8 Å². The Balaban J connectivity index is 1.52. The van der Waals surface area contributed by atoms with Gasteiger partial charge in [0.25, 0.3) is 5.56 Å². The van der Waals surface area contributed by atoms with E-state index in [0.717, 1.165) is 28.4 Å². The molecule has 0 aliphatic carbocycles. The fourth-order valence-corrected chi connectivity index (χ4v) is 6.49. The van der Waals surface area contributed by atoms with Crippen molar-refractivity contribution in [3.05, 3.63) is 139 Å². The second kappa shape index (κ2) is 12.4. The van der Waals surface area contributed by atoms with E-state index in [1.54, 1.807) is 30.8 Å². The molecule has 0 saturated heterocycles. The maximum Gasteiger partial charge on any atom is 0.416 e. The molecule has 2 aromatic heterocycles. The summed E-state index contributed by atoms with van der Waals surface area (Å²) in [6.07, 6.45) is -0.999. The number of rotatable bonds is 7. The third-order valence-corrected chi connectivity index (χ3v) is 8.91. The summed E-state index contributed by atoms with van der Waals surface area (Å²) in [4.78, 5) is 33.9. The number of hydrogen-bond donors (Lipinski definition) is 0. The van der Waals surface area contributed by atoms with Crippen LogP contribution >= 0.6 is 23.1 Å². The number of aromatic nitrogens is 1. The smallest absolute Gasteiger partial charge is 0.416 e. The van der Waals surface area contributed by atoms with Crippen LogP contribution in [0.15, 0.2) is 116 Å². The third-order valence-electron chi connectivity index (χ3n) is 7.18. The Morgan fingerprint density at radius 2 is 1.76 bits per heavy atom. The Kier molecular flexibility index (Phi) is 8.39. The molecule has 6 rings (SSSR count). The van der Waals surface area contributed by atoms with E-state index in [0.29, 0.717) is 21.6 Å². The van der Waals surface area contributed by atoms with E-state index < -0.39 is 29.3 Å². The van der Waals surface area contributed by atoms with Crippen molar-refractivity contribution in [1.29, 1.82) is 0 Å². The van der Waals surface area contributed by atoms with E-state index in [1.807, 2.05) is 60.9 Å². The Labute approximate surface area is 263 Å². The third kappa shape index (κ3) is 6.05. The maximum atomic E-state index is 14.1. The lowest BCUT2D eigenvalue weighted by atomic mass is 9.93. The number of nitrogens with zero attached hydrogens (tertiary/aromatic N) is 2. The first-order valence-electron chi connectivity index (χ1n) is 13.9. The van der Waals surface area contributed by atoms with Gasteiger partial charge in [0.1, 0.15) is 11.5 Å². The fourth-order valence-electron chi connectivity index (χ4n) is 5.11. The molecule has 3 heterocycles. The molecule has 1 atom stereocenters. The highest BCUT2D eigenvalue weighted by Gasteiger charge is 2.35. The quantitative estimate of drug-likeness (QED) is 0.142. The predicted octanol–water partition coefficient (Wildman–Crippen LogP) is 6.94. The van der Waals surface area contributed by atoms with Gasteiger partial charge in [0.05, 0.1) is 34.0 Å². The highest BCUT2D eigenvalue weighted by Crippen LogP contribution is 2.36. The largest absolute Gasteiger partial charge is 0.463 e. The van der Waals surface area contributed by atoms with Crippen LogP contribution in [0.2, 0.25) is 0 Å². The molecule has 228 valence electrons. The van der Waals surface area contributed by atoms with Crippen molar-refractivity contribution in [1.82, 2.24) is 4.57 Å². The van der Waals surface area contributed by atoms with Gasteiger partial charge in [-0.15, -0.1) is 11.8 Å². The minimum Gasteiger partial charge on any atom is -0.463 e. The summed E-state index contributed by atoms with van der Waals surface area (Å²) in [5.41, 5.74) is 1.12. The molecule has 1 aliphatic rings. The molecule has 0 N–H and O–H groups in total. The number of thiazole rings is 1. The Hall–Kier alpha value is -4.61. The van der Waals surface area contributed by atoms with Crippen LogP contribution in [0.3, 0.4) is 0 Å². The Morgan fingerprint density at radius 1 is 1.02 bits per heavy atom. The zero-order chi connectivity index (χ0) is 31.7. The molecule has 0 amide bonds. The predicted molar refractivity (Wildman–Crippen MR) is 168 cm³/mol. The van der Waals surface area contributed by atoms with E-state index >= 15 is 0 Å². The van der Waals surface area contributed by atoms with Crippen LogP contribution in [-0.4, -0.2) is 23.4 Å². The summed E-state index contributed by atoms with van der Waals surface area (Å²) in [5, 5.41) is 0. The lowest BCUT2D eigenvalue weighted by Crippen LogP contribution is -2.40. The molecule has 3 aromatic carbocycles. The van der Waals surface area contributed by atoms with Gasteiger partial charge in [-0.3, -0.25) is 9.36 Å². The molecular formula is C34H25F3N2O4S2. The van der Waals surface area contributed by atoms with Crippen LogP contribution in [-0.2, 0) is 15.7 Å². The van der Waals surface area contributed by atoms with Gasteiger partial charge in [0.2, 0.25) is 0 Å². The molecule has 0 fully saturated rings. The topological polar surface area (TPSA) is 73.8 Å². The van der Waals surface area contributed by atoms with Gasteiger partial charge < -0.3 is 9.15 Å². The van der Waals surface area contributed by atoms with Crippen molar-refractivity contribution >= 4 is 40.8 Å². The number of carbonyl (C=O) groups excluding carboxylic acids is 1. The monoisotopic (exact) mass is 646 g/mol. The molecule has 0 saturated carbocycles. The van der Waals surface area contributed by atoms with Gasteiger partial charge >= 0.3 is 12.1 Å². The first kappa shape index (κ1) is 30.4. The van der Waals surface area contributed by atoms with Gasteiger partial charge in [-0.1, -0.05) is 65.9 Å². The average Bonchev–Trinajstić information content (AvgIpc) is 3.64. The first-order chi connectivity index (χ1) is 21.7. The molecule has 0 bridgehead atoms. The zero-order valence-corrected chi connectivity index (χ0v) is 25.6. The number of halogens is 3. The number of esters is 1. The molecule has 0 spiro atoms. The first-order valence-corrected chi connectivity index (χ1v) is 15.9. The van der Waals surface area contributed by atoms with E-state index in [2.05, 4.69) is 0 Å². The highest BCUT2D eigenvalue weighted by molar-refractivity contribution is 7.98. The number of alkyl halides is 3. The molecular weight excluding hydrogens is 622 g/mol. The lowest BCUT2D eigenvalue weighted by Gasteiger charge is -2.26. The molecule has 11 heteroatoms. The number of hydrogen-bond acceptors (Lipinski definition) is 7.